The molecule has 0 radical (unpaired) electrons. The Labute approximate surface area is 366 Å². The van der Waals surface area contributed by atoms with Gasteiger partial charge in [0.25, 0.3) is 0 Å². The molecule has 0 saturated heterocycles. The summed E-state index contributed by atoms with van der Waals surface area (Å²) in [5.74, 6) is -0.443. The van der Waals surface area contributed by atoms with Crippen LogP contribution in [0.3, 0.4) is 0 Å². The molecule has 59 heavy (non-hydrogen) atoms. The molecule has 0 aliphatic carbocycles. The van der Waals surface area contributed by atoms with Crippen molar-refractivity contribution in [3.63, 3.8) is 0 Å². The van der Waals surface area contributed by atoms with Crippen LogP contribution in [-0.2, 0) is 39.9 Å². The second-order valence-electron chi connectivity index (χ2n) is 13.1. The Morgan fingerprint density at radius 3 is 1.46 bits per heavy atom. The van der Waals surface area contributed by atoms with Gasteiger partial charge in [0.1, 0.15) is 37.5 Å². The van der Waals surface area contributed by atoms with Crippen LogP contribution in [-0.4, -0.2) is 52.4 Å². The summed E-state index contributed by atoms with van der Waals surface area (Å²) in [6, 6.07) is 36.7. The van der Waals surface area contributed by atoms with Crippen LogP contribution < -0.4 is 59.7 Å². The Morgan fingerprint density at radius 2 is 1.02 bits per heavy atom. The smallest absolute Gasteiger partial charge is 0.744 e. The van der Waals surface area contributed by atoms with Crippen molar-refractivity contribution in [2.45, 2.75) is 35.4 Å². The molecule has 0 aliphatic heterocycles. The molecule has 6 aromatic carbocycles. The molecule has 6 rings (SSSR count). The Morgan fingerprint density at radius 1 is 0.559 bits per heavy atom. The summed E-state index contributed by atoms with van der Waals surface area (Å²) in [6.45, 7) is 0.454. The Balaban J connectivity index is 0.00000661. The molecule has 0 atom stereocenters. The van der Waals surface area contributed by atoms with Gasteiger partial charge in [-0.25, -0.2) is 16.8 Å². The fourth-order valence-corrected chi connectivity index (χ4v) is 8.05. The predicted octanol–water partition coefficient (Wildman–Crippen LogP) is 4.16. The van der Waals surface area contributed by atoms with Gasteiger partial charge in [0.15, 0.2) is 0 Å². The molecule has 6 aromatic rings. The topological polar surface area (TPSA) is 198 Å². The summed E-state index contributed by atoms with van der Waals surface area (Å²) in [7, 11) is -6.08. The number of nitrogens with one attached hydrogen (secondary N) is 3. The third-order valence-electron chi connectivity index (χ3n) is 9.47. The average Bonchev–Trinajstić information content (AvgIpc) is 3.23. The fourth-order valence-electron chi connectivity index (χ4n) is 6.65. The molecule has 0 unspecified atom stereocenters. The van der Waals surface area contributed by atoms with Crippen molar-refractivity contribution in [2.75, 3.05) is 37.3 Å². The zero-order chi connectivity index (χ0) is 41.5. The van der Waals surface area contributed by atoms with E-state index in [1.165, 1.54) is 39.5 Å². The first-order valence-electron chi connectivity index (χ1n) is 17.9. The first-order chi connectivity index (χ1) is 27.8. The van der Waals surface area contributed by atoms with Crippen LogP contribution in [0.1, 0.15) is 39.3 Å². The molecule has 0 saturated carbocycles. The number of benzene rings is 6. The molecule has 0 bridgehead atoms. The number of rotatable bonds is 17. The zero-order valence-electron chi connectivity index (χ0n) is 32.8. The monoisotopic (exact) mass is 846 g/mol. The Bertz CT molecular complexity index is 2520. The standard InChI is InChI=1S/C43H43N3O10S2.Na/c1-54-38-21-31(44-25-28-10-6-4-7-11-28)14-17-34(38)43(35-18-15-32(22-39(35)55-2)45-26-29-12-8-5-9-13-29)36-19-16-33(23-41(36)57(48,49)50)46-37-24-42(58(51,52)53)40(56-3)20-30(37)27-47;/h4-24,43-47H,25-27H2,1-3H3,(H,48,49,50)(H,51,52,53);/q;+1/p-2. The first kappa shape index (κ1) is 45.0. The van der Waals surface area contributed by atoms with E-state index in [4.69, 9.17) is 14.2 Å². The number of hydrogen-bond acceptors (Lipinski definition) is 13. The van der Waals surface area contributed by atoms with Crippen molar-refractivity contribution < 1.29 is 74.8 Å². The van der Waals surface area contributed by atoms with Gasteiger partial charge in [-0.2, -0.15) is 0 Å². The van der Waals surface area contributed by atoms with Crippen LogP contribution in [0.4, 0.5) is 22.7 Å². The van der Waals surface area contributed by atoms with Gasteiger partial charge in [-0.3, -0.25) is 0 Å². The van der Waals surface area contributed by atoms with Gasteiger partial charge in [0.05, 0.1) is 37.7 Å². The molecule has 0 amide bonds. The van der Waals surface area contributed by atoms with Gasteiger partial charge in [0.2, 0.25) is 0 Å². The second kappa shape index (κ2) is 19.8. The number of anilines is 4. The molecular formula is C43H41N3NaO10S2-. The largest absolute Gasteiger partial charge is 1.00 e. The minimum absolute atomic E-state index is 0. The van der Waals surface area contributed by atoms with Crippen molar-refractivity contribution in [3.05, 3.63) is 161 Å². The van der Waals surface area contributed by atoms with Gasteiger partial charge < -0.3 is 44.4 Å². The van der Waals surface area contributed by atoms with Crippen LogP contribution in [0.15, 0.2) is 137 Å². The first-order valence-corrected chi connectivity index (χ1v) is 20.7. The number of aliphatic hydroxyl groups excluding tert-OH is 1. The van der Waals surface area contributed by atoms with E-state index in [0.717, 1.165) is 34.6 Å². The van der Waals surface area contributed by atoms with E-state index in [9.17, 15) is 31.0 Å². The third kappa shape index (κ3) is 10.9. The number of aliphatic hydroxyl groups is 1. The normalized spacial score (nSPS) is 11.4. The molecule has 0 aromatic heterocycles. The molecule has 13 nitrogen and oxygen atoms in total. The van der Waals surface area contributed by atoms with Gasteiger partial charge in [-0.15, -0.1) is 0 Å². The van der Waals surface area contributed by atoms with Crippen LogP contribution in [0.2, 0.25) is 0 Å². The molecule has 4 N–H and O–H groups in total. The molecule has 0 fully saturated rings. The van der Waals surface area contributed by atoms with Gasteiger partial charge in [-0.05, 0) is 53.1 Å². The van der Waals surface area contributed by atoms with E-state index in [1.807, 2.05) is 72.8 Å². The zero-order valence-corrected chi connectivity index (χ0v) is 36.4. The summed E-state index contributed by atoms with van der Waals surface area (Å²) >= 11 is 0. The second-order valence-corrected chi connectivity index (χ2v) is 15.8. The fraction of sp³-hybridized carbons (Fsp3) is 0.163. The van der Waals surface area contributed by atoms with Crippen LogP contribution in [0.5, 0.6) is 17.2 Å². The van der Waals surface area contributed by atoms with Crippen molar-refractivity contribution in [1.29, 1.82) is 0 Å². The van der Waals surface area contributed by atoms with Gasteiger partial charge >= 0.3 is 29.6 Å². The minimum atomic E-state index is -5.21. The van der Waals surface area contributed by atoms with Crippen molar-refractivity contribution in [1.82, 2.24) is 0 Å². The van der Waals surface area contributed by atoms with Crippen LogP contribution in [0.25, 0.3) is 0 Å². The van der Waals surface area contributed by atoms with E-state index in [0.29, 0.717) is 35.7 Å². The van der Waals surface area contributed by atoms with E-state index in [2.05, 4.69) is 16.0 Å². The van der Waals surface area contributed by atoms with E-state index in [-0.39, 0.29) is 57.8 Å². The third-order valence-corrected chi connectivity index (χ3v) is 11.2. The van der Waals surface area contributed by atoms with Gasteiger partial charge in [-0.1, -0.05) is 78.9 Å². The maximum absolute atomic E-state index is 13.2. The minimum Gasteiger partial charge on any atom is -0.744 e. The van der Waals surface area contributed by atoms with Crippen LogP contribution >= 0.6 is 0 Å². The molecule has 0 spiro atoms. The molecule has 0 heterocycles. The number of ether oxygens (including phenoxy) is 3. The Hall–Kier alpha value is -5.10. The van der Waals surface area contributed by atoms with Crippen molar-refractivity contribution in [2.24, 2.45) is 0 Å². The predicted molar refractivity (Wildman–Crippen MR) is 219 cm³/mol. The van der Waals surface area contributed by atoms with Crippen molar-refractivity contribution >= 4 is 43.0 Å². The molecule has 16 heteroatoms. The molecular weight excluding hydrogens is 806 g/mol. The summed E-state index contributed by atoms with van der Waals surface area (Å²) in [6.07, 6.45) is 0. The number of methoxy groups -OCH3 is 3. The van der Waals surface area contributed by atoms with E-state index in [1.54, 1.807) is 24.3 Å². The van der Waals surface area contributed by atoms with E-state index < -0.39 is 42.6 Å². The summed E-state index contributed by atoms with van der Waals surface area (Å²) in [4.78, 5) is -1.30. The van der Waals surface area contributed by atoms with Gasteiger partial charge in [0, 0.05) is 70.6 Å². The number of hydrogen-bond donors (Lipinski definition) is 4. The maximum Gasteiger partial charge on any atom is 1.00 e. The molecule has 302 valence electrons. The summed E-state index contributed by atoms with van der Waals surface area (Å²) < 4.78 is 92.8. The van der Waals surface area contributed by atoms with Crippen molar-refractivity contribution in [3.8, 4) is 17.2 Å². The SMILES string of the molecule is COc1cc(NCc2ccccc2)ccc1C(c1ccc(NCc2ccccc2)cc1OC)c1ccc(Nc2cc(S(=O)(=O)[O-])c(OC)cc2CO)cc1S(=O)(=O)[O-].[Na+]. The Kier molecular flexibility index (Phi) is 15.1. The quantitative estimate of drug-likeness (QED) is 0.0581. The average molecular weight is 847 g/mol. The van der Waals surface area contributed by atoms with Crippen LogP contribution in [0, 0.1) is 0 Å². The summed E-state index contributed by atoms with van der Waals surface area (Å²) in [5.41, 5.74) is 4.84. The molecule has 0 aliphatic rings. The van der Waals surface area contributed by atoms with E-state index >= 15 is 0 Å². The summed E-state index contributed by atoms with van der Waals surface area (Å²) in [5, 5.41) is 19.7. The maximum atomic E-state index is 13.2.